The van der Waals surface area contributed by atoms with Crippen LogP contribution in [0.5, 0.6) is 0 Å². The number of fused-ring (bicyclic) bond motifs is 10. The molecule has 0 atom stereocenters. The van der Waals surface area contributed by atoms with Gasteiger partial charge in [-0.1, -0.05) is 176 Å². The number of hydrogen-bond donors (Lipinski definition) is 0. The maximum atomic E-state index is 5.23. The van der Waals surface area contributed by atoms with E-state index in [1.54, 1.807) is 0 Å². The van der Waals surface area contributed by atoms with Crippen molar-refractivity contribution in [1.82, 2.24) is 14.5 Å². The van der Waals surface area contributed by atoms with E-state index in [0.717, 1.165) is 44.2 Å². The van der Waals surface area contributed by atoms with E-state index in [0.29, 0.717) is 0 Å². The fraction of sp³-hybridized carbons (Fsp3) is 0. The number of nitrogens with zero attached hydrogens (tertiary/aromatic N) is 3. The third-order valence-electron chi connectivity index (χ3n) is 12.0. The molecule has 274 valence electrons. The summed E-state index contributed by atoms with van der Waals surface area (Å²) in [7, 11) is 0. The Morgan fingerprint density at radius 3 is 1.54 bits per heavy atom. The smallest absolute Gasteiger partial charge is 0.0979 e. The Morgan fingerprint density at radius 2 is 0.831 bits per heavy atom. The summed E-state index contributed by atoms with van der Waals surface area (Å²) in [6.45, 7) is 0. The fourth-order valence-electron chi connectivity index (χ4n) is 9.07. The van der Waals surface area contributed by atoms with Gasteiger partial charge in [-0.3, -0.25) is 4.98 Å². The van der Waals surface area contributed by atoms with Gasteiger partial charge < -0.3 is 4.57 Å². The molecular weight excluding hydrogens is 715 g/mol. The molecule has 0 N–H and O–H groups in total. The molecule has 0 bridgehead atoms. The molecule has 12 aromatic rings. The molecular formula is C56H35N3. The first-order valence-corrected chi connectivity index (χ1v) is 20.1. The van der Waals surface area contributed by atoms with E-state index >= 15 is 0 Å². The molecule has 0 saturated heterocycles. The monoisotopic (exact) mass is 749 g/mol. The summed E-state index contributed by atoms with van der Waals surface area (Å²) in [6.07, 6.45) is 1.91. The average molecular weight is 750 g/mol. The maximum absolute atomic E-state index is 5.23. The Bertz CT molecular complexity index is 3560. The van der Waals surface area contributed by atoms with Crippen LogP contribution >= 0.6 is 0 Å². The lowest BCUT2D eigenvalue weighted by molar-refractivity contribution is 1.19. The van der Waals surface area contributed by atoms with Crippen LogP contribution in [0.25, 0.3) is 115 Å². The normalized spacial score (nSPS) is 11.7. The number of aromatic nitrogens is 3. The van der Waals surface area contributed by atoms with Crippen molar-refractivity contribution < 1.29 is 0 Å². The largest absolute Gasteiger partial charge is 0.309 e. The Balaban J connectivity index is 0.849. The Hall–Kier alpha value is -7.88. The second kappa shape index (κ2) is 13.4. The Labute approximate surface area is 341 Å². The molecule has 0 aliphatic heterocycles. The molecule has 0 saturated carbocycles. The molecule has 0 amide bonds. The molecule has 0 unspecified atom stereocenters. The highest BCUT2D eigenvalue weighted by atomic mass is 15.0. The third kappa shape index (κ3) is 5.51. The third-order valence-corrected chi connectivity index (χ3v) is 12.0. The Morgan fingerprint density at radius 1 is 0.305 bits per heavy atom. The zero-order valence-corrected chi connectivity index (χ0v) is 32.0. The van der Waals surface area contributed by atoms with E-state index in [-0.39, 0.29) is 0 Å². The van der Waals surface area contributed by atoms with Crippen LogP contribution in [0.4, 0.5) is 0 Å². The molecule has 3 heteroatoms. The summed E-state index contributed by atoms with van der Waals surface area (Å²) in [5.74, 6) is 0. The zero-order valence-electron chi connectivity index (χ0n) is 32.0. The molecule has 3 nitrogen and oxygen atoms in total. The van der Waals surface area contributed by atoms with Crippen molar-refractivity contribution in [2.75, 3.05) is 0 Å². The number of benzene rings is 10. The predicted molar refractivity (Wildman–Crippen MR) is 248 cm³/mol. The first-order valence-electron chi connectivity index (χ1n) is 20.1. The van der Waals surface area contributed by atoms with Crippen LogP contribution in [0, 0.1) is 0 Å². The molecule has 10 aromatic carbocycles. The van der Waals surface area contributed by atoms with E-state index in [2.05, 4.69) is 211 Å². The van der Waals surface area contributed by atoms with E-state index < -0.39 is 0 Å². The van der Waals surface area contributed by atoms with Crippen LogP contribution in [0.15, 0.2) is 212 Å². The number of para-hydroxylation sites is 1. The highest BCUT2D eigenvalue weighted by molar-refractivity contribution is 6.23. The van der Waals surface area contributed by atoms with Gasteiger partial charge in [0.25, 0.3) is 0 Å². The van der Waals surface area contributed by atoms with Gasteiger partial charge in [-0.2, -0.15) is 0 Å². The average Bonchev–Trinajstić information content (AvgIpc) is 3.65. The first kappa shape index (κ1) is 33.3. The van der Waals surface area contributed by atoms with E-state index in [1.807, 2.05) is 6.20 Å². The standard InChI is InChI=1S/C56H35N3/c1-2-11-42-33-45(30-28-36(42)10-1)59-53-19-8-7-16-48(53)49-31-29-43(34-54(49)59)40-26-22-38(23-27-40)37-20-24-39(25-21-37)41-12-9-13-44(32-41)52-35-57-55-50-17-5-3-14-46(50)47-15-4-6-18-51(47)56(55)58-52/h1-35H. The van der Waals surface area contributed by atoms with Gasteiger partial charge in [0.1, 0.15) is 0 Å². The second-order valence-electron chi connectivity index (χ2n) is 15.4. The second-order valence-corrected chi connectivity index (χ2v) is 15.4. The van der Waals surface area contributed by atoms with Gasteiger partial charge in [0.05, 0.1) is 34.0 Å². The molecule has 2 aromatic heterocycles. The highest BCUT2D eigenvalue weighted by Crippen LogP contribution is 2.38. The summed E-state index contributed by atoms with van der Waals surface area (Å²) in [6, 6.07) is 74.4. The van der Waals surface area contributed by atoms with Crippen molar-refractivity contribution in [3.8, 4) is 50.3 Å². The van der Waals surface area contributed by atoms with Crippen LogP contribution in [-0.2, 0) is 0 Å². The molecule has 0 radical (unpaired) electrons. The predicted octanol–water partition coefficient (Wildman–Crippen LogP) is 14.9. The van der Waals surface area contributed by atoms with Crippen molar-refractivity contribution >= 4 is 65.2 Å². The van der Waals surface area contributed by atoms with Crippen molar-refractivity contribution in [3.63, 3.8) is 0 Å². The maximum Gasteiger partial charge on any atom is 0.0979 e. The van der Waals surface area contributed by atoms with Gasteiger partial charge in [-0.05, 0) is 85.3 Å². The van der Waals surface area contributed by atoms with Crippen molar-refractivity contribution in [2.24, 2.45) is 0 Å². The van der Waals surface area contributed by atoms with Crippen molar-refractivity contribution in [2.45, 2.75) is 0 Å². The van der Waals surface area contributed by atoms with Gasteiger partial charge in [0.2, 0.25) is 0 Å². The van der Waals surface area contributed by atoms with Crippen LogP contribution in [-0.4, -0.2) is 14.5 Å². The van der Waals surface area contributed by atoms with Gasteiger partial charge >= 0.3 is 0 Å². The van der Waals surface area contributed by atoms with Crippen LogP contribution in [0.3, 0.4) is 0 Å². The van der Waals surface area contributed by atoms with Crippen LogP contribution < -0.4 is 0 Å². The molecule has 0 aliphatic carbocycles. The lowest BCUT2D eigenvalue weighted by Gasteiger charge is -2.11. The van der Waals surface area contributed by atoms with Crippen molar-refractivity contribution in [1.29, 1.82) is 0 Å². The molecule has 12 rings (SSSR count). The SMILES string of the molecule is c1cc(-c2ccc(-c3ccc(-c4ccc5c6ccccc6n(-c6ccc7ccccc7c6)c5c4)cc3)cc2)cc(-c2cnc3c4ccccc4c4ccccc4c3n2)c1. The molecule has 0 aliphatic rings. The minimum absolute atomic E-state index is 0.866. The van der Waals surface area contributed by atoms with Gasteiger partial charge in [-0.25, -0.2) is 4.98 Å². The topological polar surface area (TPSA) is 30.7 Å². The highest BCUT2D eigenvalue weighted by Gasteiger charge is 2.15. The quantitative estimate of drug-likeness (QED) is 0.164. The van der Waals surface area contributed by atoms with E-state index in [4.69, 9.17) is 9.97 Å². The van der Waals surface area contributed by atoms with Gasteiger partial charge in [-0.15, -0.1) is 0 Å². The lowest BCUT2D eigenvalue weighted by Crippen LogP contribution is -1.94. The van der Waals surface area contributed by atoms with E-state index in [9.17, 15) is 0 Å². The molecule has 0 spiro atoms. The van der Waals surface area contributed by atoms with Gasteiger partial charge in [0, 0.05) is 32.8 Å². The number of hydrogen-bond acceptors (Lipinski definition) is 2. The van der Waals surface area contributed by atoms with E-state index in [1.165, 1.54) is 71.3 Å². The van der Waals surface area contributed by atoms with Crippen LogP contribution in [0.2, 0.25) is 0 Å². The summed E-state index contributed by atoms with van der Waals surface area (Å²) in [4.78, 5) is 10.2. The summed E-state index contributed by atoms with van der Waals surface area (Å²) in [5, 5.41) is 9.66. The number of rotatable bonds is 5. The minimum atomic E-state index is 0.866. The fourth-order valence-corrected chi connectivity index (χ4v) is 9.07. The summed E-state index contributed by atoms with van der Waals surface area (Å²) in [5.41, 5.74) is 14.4. The Kier molecular flexibility index (Phi) is 7.54. The summed E-state index contributed by atoms with van der Waals surface area (Å²) >= 11 is 0. The lowest BCUT2D eigenvalue weighted by atomic mass is 9.96. The van der Waals surface area contributed by atoms with Crippen LogP contribution in [0.1, 0.15) is 0 Å². The minimum Gasteiger partial charge on any atom is -0.309 e. The zero-order chi connectivity index (χ0) is 38.9. The molecule has 2 heterocycles. The molecule has 0 fully saturated rings. The summed E-state index contributed by atoms with van der Waals surface area (Å²) < 4.78 is 2.41. The van der Waals surface area contributed by atoms with Crippen molar-refractivity contribution in [3.05, 3.63) is 212 Å². The van der Waals surface area contributed by atoms with Gasteiger partial charge in [0.15, 0.2) is 0 Å². The first-order chi connectivity index (χ1) is 29.2. The molecule has 59 heavy (non-hydrogen) atoms.